The third-order valence-electron chi connectivity index (χ3n) is 6.74. The fourth-order valence-corrected chi connectivity index (χ4v) is 5.78. The zero-order valence-electron chi connectivity index (χ0n) is 24.0. The number of hydrogen-bond acceptors (Lipinski definition) is 5. The number of anilines is 1. The Kier molecular flexibility index (Phi) is 11.3. The van der Waals surface area contributed by atoms with Crippen LogP contribution in [0.1, 0.15) is 44.2 Å². The molecule has 0 radical (unpaired) electrons. The Morgan fingerprint density at radius 1 is 0.976 bits per heavy atom. The van der Waals surface area contributed by atoms with E-state index >= 15 is 4.39 Å². The molecule has 2 amide bonds. The van der Waals surface area contributed by atoms with Gasteiger partial charge in [-0.3, -0.25) is 13.9 Å². The van der Waals surface area contributed by atoms with E-state index in [1.807, 2.05) is 13.8 Å². The molecule has 220 valence electrons. The van der Waals surface area contributed by atoms with E-state index in [1.165, 1.54) is 35.2 Å². The summed E-state index contributed by atoms with van der Waals surface area (Å²) in [4.78, 5) is 28.5. The van der Waals surface area contributed by atoms with Gasteiger partial charge >= 0.3 is 0 Å². The Labute approximate surface area is 242 Å². The standard InChI is InChI=1S/C31H38FN3O5S/c1-5-7-20-33-31(37)28(6-2)34(21-24-14-16-25(40-4)17-15-24)30(36)22-35(29-11-9-8-10-27(29)32)41(38,39)26-18-12-23(3)13-19-26/h8-19,28H,5-7,20-22H2,1-4H3,(H,33,37)/t28-/m0/s1. The summed E-state index contributed by atoms with van der Waals surface area (Å²) in [6.45, 7) is 5.41. The lowest BCUT2D eigenvalue weighted by molar-refractivity contribution is -0.140. The van der Waals surface area contributed by atoms with Crippen LogP contribution in [0.4, 0.5) is 10.1 Å². The average molecular weight is 584 g/mol. The maximum Gasteiger partial charge on any atom is 0.264 e. The minimum Gasteiger partial charge on any atom is -0.497 e. The number of amides is 2. The quantitative estimate of drug-likeness (QED) is 0.268. The predicted molar refractivity (Wildman–Crippen MR) is 158 cm³/mol. The van der Waals surface area contributed by atoms with E-state index in [1.54, 1.807) is 50.4 Å². The monoisotopic (exact) mass is 583 g/mol. The van der Waals surface area contributed by atoms with Crippen LogP contribution in [-0.2, 0) is 26.2 Å². The second-order valence-corrected chi connectivity index (χ2v) is 11.6. The number of ether oxygens (including phenoxy) is 1. The molecule has 0 saturated carbocycles. The van der Waals surface area contributed by atoms with Gasteiger partial charge in [-0.1, -0.05) is 62.2 Å². The Hall–Kier alpha value is -3.92. The first kappa shape index (κ1) is 31.6. The van der Waals surface area contributed by atoms with Crippen LogP contribution in [0.15, 0.2) is 77.7 Å². The number of aryl methyl sites for hydroxylation is 1. The molecule has 1 atom stereocenters. The molecule has 0 bridgehead atoms. The molecule has 0 aliphatic carbocycles. The third-order valence-corrected chi connectivity index (χ3v) is 8.51. The number of para-hydroxylation sites is 1. The zero-order chi connectivity index (χ0) is 30.0. The molecular weight excluding hydrogens is 545 g/mol. The number of carbonyl (C=O) groups is 2. The molecule has 0 aliphatic heterocycles. The van der Waals surface area contributed by atoms with Crippen LogP contribution >= 0.6 is 0 Å². The van der Waals surface area contributed by atoms with Gasteiger partial charge in [0.05, 0.1) is 17.7 Å². The van der Waals surface area contributed by atoms with Gasteiger partial charge in [-0.25, -0.2) is 12.8 Å². The molecular formula is C31H38FN3O5S. The van der Waals surface area contributed by atoms with Crippen molar-refractivity contribution in [1.82, 2.24) is 10.2 Å². The van der Waals surface area contributed by atoms with Crippen molar-refractivity contribution in [2.45, 2.75) is 57.5 Å². The molecule has 0 heterocycles. The second kappa shape index (κ2) is 14.6. The van der Waals surface area contributed by atoms with Crippen molar-refractivity contribution in [2.75, 3.05) is 24.5 Å². The van der Waals surface area contributed by atoms with Gasteiger partial charge in [-0.05, 0) is 61.7 Å². The number of rotatable bonds is 14. The molecule has 0 unspecified atom stereocenters. The molecule has 0 aliphatic rings. The first-order valence-electron chi connectivity index (χ1n) is 13.7. The highest BCUT2D eigenvalue weighted by atomic mass is 32.2. The van der Waals surface area contributed by atoms with Crippen molar-refractivity contribution in [1.29, 1.82) is 0 Å². The molecule has 1 N–H and O–H groups in total. The summed E-state index contributed by atoms with van der Waals surface area (Å²) >= 11 is 0. The Bertz CT molecular complexity index is 1410. The van der Waals surface area contributed by atoms with Crippen molar-refractivity contribution in [3.63, 3.8) is 0 Å². The summed E-state index contributed by atoms with van der Waals surface area (Å²) in [7, 11) is -2.80. The summed E-state index contributed by atoms with van der Waals surface area (Å²) < 4.78 is 48.7. The van der Waals surface area contributed by atoms with Crippen molar-refractivity contribution in [3.8, 4) is 5.75 Å². The Balaban J connectivity index is 2.04. The van der Waals surface area contributed by atoms with Crippen LogP contribution in [0, 0.1) is 12.7 Å². The fraction of sp³-hybridized carbons (Fsp3) is 0.355. The van der Waals surface area contributed by atoms with Gasteiger partial charge < -0.3 is 15.0 Å². The number of benzene rings is 3. The molecule has 0 saturated heterocycles. The second-order valence-electron chi connectivity index (χ2n) is 9.71. The molecule has 3 rings (SSSR count). The minimum absolute atomic E-state index is 0.0399. The molecule has 3 aromatic carbocycles. The number of nitrogens with zero attached hydrogens (tertiary/aromatic N) is 2. The molecule has 0 aromatic heterocycles. The summed E-state index contributed by atoms with van der Waals surface area (Å²) in [5.74, 6) is -1.13. The van der Waals surface area contributed by atoms with Gasteiger partial charge in [0.15, 0.2) is 0 Å². The van der Waals surface area contributed by atoms with Crippen molar-refractivity contribution in [2.24, 2.45) is 0 Å². The van der Waals surface area contributed by atoms with E-state index in [4.69, 9.17) is 4.74 Å². The first-order chi connectivity index (χ1) is 19.6. The van der Waals surface area contributed by atoms with Gasteiger partial charge in [-0.2, -0.15) is 0 Å². The molecule has 8 nitrogen and oxygen atoms in total. The van der Waals surface area contributed by atoms with Gasteiger partial charge in [0, 0.05) is 13.1 Å². The van der Waals surface area contributed by atoms with Gasteiger partial charge in [0.25, 0.3) is 10.0 Å². The number of nitrogens with one attached hydrogen (secondary N) is 1. The van der Waals surface area contributed by atoms with Crippen LogP contribution in [0.2, 0.25) is 0 Å². The molecule has 10 heteroatoms. The van der Waals surface area contributed by atoms with E-state index in [0.717, 1.165) is 34.3 Å². The maximum absolute atomic E-state index is 15.0. The zero-order valence-corrected chi connectivity index (χ0v) is 24.8. The summed E-state index contributed by atoms with van der Waals surface area (Å²) in [6.07, 6.45) is 1.97. The first-order valence-corrected chi connectivity index (χ1v) is 15.1. The van der Waals surface area contributed by atoms with E-state index in [2.05, 4.69) is 5.32 Å². The molecule has 41 heavy (non-hydrogen) atoms. The minimum atomic E-state index is -4.35. The number of halogens is 1. The average Bonchev–Trinajstić information content (AvgIpc) is 2.96. The van der Waals surface area contributed by atoms with Crippen LogP contribution in [-0.4, -0.2) is 51.4 Å². The number of carbonyl (C=O) groups excluding carboxylic acids is 2. The lowest BCUT2D eigenvalue weighted by atomic mass is 10.1. The van der Waals surface area contributed by atoms with Gasteiger partial charge in [0.2, 0.25) is 11.8 Å². The number of methoxy groups -OCH3 is 1. The van der Waals surface area contributed by atoms with E-state index in [9.17, 15) is 18.0 Å². The third kappa shape index (κ3) is 8.07. The normalized spacial score (nSPS) is 11.9. The summed E-state index contributed by atoms with van der Waals surface area (Å²) in [5.41, 5.74) is 1.31. The Morgan fingerprint density at radius 3 is 2.22 bits per heavy atom. The van der Waals surface area contributed by atoms with Gasteiger partial charge in [0.1, 0.15) is 24.2 Å². The molecule has 3 aromatic rings. The largest absolute Gasteiger partial charge is 0.497 e. The van der Waals surface area contributed by atoms with Crippen LogP contribution < -0.4 is 14.4 Å². The number of hydrogen-bond donors (Lipinski definition) is 1. The molecule has 0 fully saturated rings. The Morgan fingerprint density at radius 2 is 1.63 bits per heavy atom. The van der Waals surface area contributed by atoms with Crippen molar-refractivity contribution in [3.05, 3.63) is 89.7 Å². The van der Waals surface area contributed by atoms with Crippen LogP contribution in [0.5, 0.6) is 5.75 Å². The lowest BCUT2D eigenvalue weighted by Crippen LogP contribution is -2.52. The fourth-order valence-electron chi connectivity index (χ4n) is 4.36. The van der Waals surface area contributed by atoms with Gasteiger partial charge in [-0.15, -0.1) is 0 Å². The lowest BCUT2D eigenvalue weighted by Gasteiger charge is -2.33. The highest BCUT2D eigenvalue weighted by Crippen LogP contribution is 2.27. The molecule has 0 spiro atoms. The summed E-state index contributed by atoms with van der Waals surface area (Å²) in [5, 5.41) is 2.88. The van der Waals surface area contributed by atoms with Crippen molar-refractivity contribution >= 4 is 27.5 Å². The number of unbranched alkanes of at least 4 members (excludes halogenated alkanes) is 1. The van der Waals surface area contributed by atoms with E-state index in [-0.39, 0.29) is 23.0 Å². The SMILES string of the molecule is CCCCNC(=O)[C@H](CC)N(Cc1ccc(OC)cc1)C(=O)CN(c1ccccc1F)S(=O)(=O)c1ccc(C)cc1. The maximum atomic E-state index is 15.0. The number of sulfonamides is 1. The summed E-state index contributed by atoms with van der Waals surface area (Å²) in [6, 6.07) is 17.7. The van der Waals surface area contributed by atoms with Crippen LogP contribution in [0.25, 0.3) is 0 Å². The van der Waals surface area contributed by atoms with Crippen LogP contribution in [0.3, 0.4) is 0 Å². The highest BCUT2D eigenvalue weighted by Gasteiger charge is 2.34. The van der Waals surface area contributed by atoms with E-state index < -0.39 is 34.3 Å². The van der Waals surface area contributed by atoms with E-state index in [0.29, 0.717) is 18.7 Å². The predicted octanol–water partition coefficient (Wildman–Crippen LogP) is 5.06. The smallest absolute Gasteiger partial charge is 0.264 e. The van der Waals surface area contributed by atoms with Crippen molar-refractivity contribution < 1.29 is 27.1 Å². The highest BCUT2D eigenvalue weighted by molar-refractivity contribution is 7.92. The topological polar surface area (TPSA) is 96.0 Å².